The minimum atomic E-state index is 0.354. The van der Waals surface area contributed by atoms with E-state index in [1.54, 1.807) is 0 Å². The number of nitrogens with zero attached hydrogens (tertiary/aromatic N) is 2. The second-order valence-electron chi connectivity index (χ2n) is 2.84. The molecule has 64 valence electrons. The molecule has 2 heterocycles. The molecule has 0 saturated carbocycles. The predicted octanol–water partition coefficient (Wildman–Crippen LogP) is 0.257. The minimum Gasteiger partial charge on any atom is -0.309 e. The zero-order valence-electron chi connectivity index (χ0n) is 7.06. The lowest BCUT2D eigenvalue weighted by Gasteiger charge is -2.06. The van der Waals surface area contributed by atoms with Crippen LogP contribution in [0.2, 0.25) is 0 Å². The molecule has 0 bridgehead atoms. The average molecular weight is 166 g/mol. The zero-order valence-corrected chi connectivity index (χ0v) is 7.06. The maximum atomic E-state index is 4.84. The van der Waals surface area contributed by atoms with Crippen molar-refractivity contribution in [3.8, 4) is 0 Å². The molecule has 1 fully saturated rings. The largest absolute Gasteiger partial charge is 0.334 e. The molecule has 1 aromatic rings. The van der Waals surface area contributed by atoms with Crippen LogP contribution in [0.5, 0.6) is 0 Å². The van der Waals surface area contributed by atoms with Crippen molar-refractivity contribution in [2.75, 3.05) is 6.61 Å². The van der Waals surface area contributed by atoms with Gasteiger partial charge in [-0.1, -0.05) is 0 Å². The smallest absolute Gasteiger partial charge is 0.309 e. The zero-order chi connectivity index (χ0) is 8.39. The van der Waals surface area contributed by atoms with Gasteiger partial charge in [0.05, 0.1) is 6.61 Å². The van der Waals surface area contributed by atoms with Crippen LogP contribution in [0.25, 0.3) is 0 Å². The Morgan fingerprint density at radius 2 is 2.75 bits per heavy atom. The van der Waals surface area contributed by atoms with Gasteiger partial charge in [0.2, 0.25) is 0 Å². The van der Waals surface area contributed by atoms with Crippen LogP contribution in [0.15, 0.2) is 12.3 Å². The van der Waals surface area contributed by atoms with Crippen LogP contribution in [-0.4, -0.2) is 23.9 Å². The first kappa shape index (κ1) is 7.82. The molecular weight excluding hydrogens is 155 g/mol. The Kier molecular flexibility index (Phi) is 2.14. The van der Waals surface area contributed by atoms with Crippen molar-refractivity contribution in [2.45, 2.75) is 19.3 Å². The summed E-state index contributed by atoms with van der Waals surface area (Å²) in [5, 5.41) is 4.18. The van der Waals surface area contributed by atoms with Gasteiger partial charge in [-0.25, -0.2) is 0 Å². The number of aryl methyl sites for hydroxylation is 1. The average Bonchev–Trinajstić information content (AvgIpc) is 2.74. The first-order valence-electron chi connectivity index (χ1n) is 4.18. The van der Waals surface area contributed by atoms with Crippen molar-refractivity contribution in [2.24, 2.45) is 0 Å². The van der Waals surface area contributed by atoms with Crippen molar-refractivity contribution in [3.63, 3.8) is 0 Å². The van der Waals surface area contributed by atoms with E-state index in [-0.39, 0.29) is 0 Å². The third-order valence-corrected chi connectivity index (χ3v) is 2.09. The molecule has 1 atom stereocenters. The first-order valence-corrected chi connectivity index (χ1v) is 4.18. The van der Waals surface area contributed by atoms with Crippen molar-refractivity contribution >= 4 is 7.48 Å². The third-order valence-electron chi connectivity index (χ3n) is 2.09. The molecule has 0 spiro atoms. The maximum Gasteiger partial charge on any atom is 0.334 e. The normalized spacial score (nSPS) is 22.6. The first-order chi connectivity index (χ1) is 5.92. The lowest BCUT2D eigenvalue weighted by atomic mass is 9.79. The molecule has 1 aromatic heterocycles. The molecule has 1 aliphatic heterocycles. The van der Waals surface area contributed by atoms with E-state index in [4.69, 9.17) is 9.69 Å². The Morgan fingerprint density at radius 3 is 3.42 bits per heavy atom. The van der Waals surface area contributed by atoms with E-state index < -0.39 is 0 Å². The van der Waals surface area contributed by atoms with Crippen molar-refractivity contribution < 1.29 is 9.69 Å². The molecule has 1 saturated heterocycles. The molecule has 1 aliphatic rings. The highest BCUT2D eigenvalue weighted by atomic mass is 17.2. The second-order valence-corrected chi connectivity index (χ2v) is 2.84. The Balaban J connectivity index is 2.19. The van der Waals surface area contributed by atoms with E-state index in [0.717, 1.165) is 6.54 Å². The summed E-state index contributed by atoms with van der Waals surface area (Å²) in [4.78, 5) is 9.68. The van der Waals surface area contributed by atoms with E-state index in [0.29, 0.717) is 19.9 Å². The molecule has 0 aromatic carbocycles. The number of aromatic nitrogens is 2. The lowest BCUT2D eigenvalue weighted by molar-refractivity contribution is -0.183. The van der Waals surface area contributed by atoms with Gasteiger partial charge in [-0.2, -0.15) is 5.10 Å². The van der Waals surface area contributed by atoms with E-state index in [9.17, 15) is 0 Å². The summed E-state index contributed by atoms with van der Waals surface area (Å²) in [6, 6.07) is 2.02. The van der Waals surface area contributed by atoms with Crippen molar-refractivity contribution in [1.29, 1.82) is 0 Å². The summed E-state index contributed by atoms with van der Waals surface area (Å²) in [6.07, 6.45) is 1.82. The number of rotatable bonds is 2. The van der Waals surface area contributed by atoms with Gasteiger partial charge < -0.3 is 4.81 Å². The molecule has 0 radical (unpaired) electrons. The monoisotopic (exact) mass is 166 g/mol. The second kappa shape index (κ2) is 3.29. The van der Waals surface area contributed by atoms with Gasteiger partial charge in [0.15, 0.2) is 0 Å². The lowest BCUT2D eigenvalue weighted by Crippen LogP contribution is -2.11. The Labute approximate surface area is 71.7 Å². The van der Waals surface area contributed by atoms with Crippen molar-refractivity contribution in [3.05, 3.63) is 18.0 Å². The fraction of sp³-hybridized carbons (Fsp3) is 0.571. The Morgan fingerprint density at radius 1 is 1.83 bits per heavy atom. The predicted molar refractivity (Wildman–Crippen MR) is 44.8 cm³/mol. The van der Waals surface area contributed by atoms with Gasteiger partial charge in [0.1, 0.15) is 0 Å². The molecule has 0 N–H and O–H groups in total. The van der Waals surface area contributed by atoms with Crippen LogP contribution in [0.3, 0.4) is 0 Å². The van der Waals surface area contributed by atoms with E-state index in [1.807, 2.05) is 16.9 Å². The van der Waals surface area contributed by atoms with Gasteiger partial charge >= 0.3 is 7.48 Å². The number of hydrogen-bond donors (Lipinski definition) is 0. The fourth-order valence-corrected chi connectivity index (χ4v) is 1.43. The molecule has 4 nitrogen and oxygen atoms in total. The number of hydrogen-bond acceptors (Lipinski definition) is 3. The fourth-order valence-electron chi connectivity index (χ4n) is 1.43. The van der Waals surface area contributed by atoms with Crippen LogP contribution in [-0.2, 0) is 16.2 Å². The summed E-state index contributed by atoms with van der Waals surface area (Å²) in [7, 11) is 0.645. The van der Waals surface area contributed by atoms with Crippen LogP contribution < -0.4 is 0 Å². The molecule has 0 aliphatic carbocycles. The highest BCUT2D eigenvalue weighted by Crippen LogP contribution is 2.19. The molecule has 0 amide bonds. The molecule has 12 heavy (non-hydrogen) atoms. The van der Waals surface area contributed by atoms with Crippen LogP contribution in [0.4, 0.5) is 0 Å². The van der Waals surface area contributed by atoms with Gasteiger partial charge in [0, 0.05) is 24.3 Å². The molecule has 2 rings (SSSR count). The minimum absolute atomic E-state index is 0.354. The van der Waals surface area contributed by atoms with Gasteiger partial charge in [-0.3, -0.25) is 9.57 Å². The standard InChI is InChI=1S/C7H11BN2O2/c1-2-10-7(3-4-9-10)6-5-11-12-8-6/h3-4,6,8H,2,5H2,1H3. The molecular formula is C7H11BN2O2. The maximum absolute atomic E-state index is 4.84. The summed E-state index contributed by atoms with van der Waals surface area (Å²) >= 11 is 0. The SMILES string of the molecule is CCn1nccc1C1BOOC1. The van der Waals surface area contributed by atoms with Crippen LogP contribution in [0, 0.1) is 0 Å². The summed E-state index contributed by atoms with van der Waals surface area (Å²) in [5.41, 5.74) is 1.20. The summed E-state index contributed by atoms with van der Waals surface area (Å²) in [6.45, 7) is 3.62. The van der Waals surface area contributed by atoms with Crippen LogP contribution in [0.1, 0.15) is 18.4 Å². The van der Waals surface area contributed by atoms with Crippen molar-refractivity contribution in [1.82, 2.24) is 9.78 Å². The van der Waals surface area contributed by atoms with E-state index in [2.05, 4.69) is 12.0 Å². The van der Waals surface area contributed by atoms with Gasteiger partial charge in [-0.05, 0) is 13.0 Å². The third kappa shape index (κ3) is 1.25. The highest BCUT2D eigenvalue weighted by molar-refractivity contribution is 6.30. The highest BCUT2D eigenvalue weighted by Gasteiger charge is 2.24. The molecule has 5 heteroatoms. The van der Waals surface area contributed by atoms with Crippen LogP contribution >= 0.6 is 0 Å². The van der Waals surface area contributed by atoms with Gasteiger partial charge in [0.25, 0.3) is 0 Å². The topological polar surface area (TPSA) is 36.3 Å². The molecule has 1 unspecified atom stereocenters. The van der Waals surface area contributed by atoms with E-state index in [1.165, 1.54) is 5.69 Å². The Bertz CT molecular complexity index is 258. The Hall–Kier alpha value is -0.805. The quantitative estimate of drug-likeness (QED) is 0.466. The summed E-state index contributed by atoms with van der Waals surface area (Å²) < 4.78 is 1.97. The summed E-state index contributed by atoms with van der Waals surface area (Å²) in [5.74, 6) is 0.354. The van der Waals surface area contributed by atoms with E-state index >= 15 is 0 Å². The van der Waals surface area contributed by atoms with Gasteiger partial charge in [-0.15, -0.1) is 0 Å².